The quantitative estimate of drug-likeness (QED) is 0.447. The van der Waals surface area contributed by atoms with Crippen LogP contribution in [0.3, 0.4) is 0 Å². The molecular weight excluding hydrogens is 390 g/mol. The Hall–Kier alpha value is -3.42. The molecule has 1 heterocycles. The predicted octanol–water partition coefficient (Wildman–Crippen LogP) is 4.92. The molecule has 148 valence electrons. The van der Waals surface area contributed by atoms with Gasteiger partial charge in [0.1, 0.15) is 5.37 Å². The van der Waals surface area contributed by atoms with E-state index in [9.17, 15) is 9.00 Å². The summed E-state index contributed by atoms with van der Waals surface area (Å²) >= 11 is 0. The molecule has 0 fully saturated rings. The second-order valence-corrected chi connectivity index (χ2v) is 8.75. The Bertz CT molecular complexity index is 1320. The molecule has 3 aromatic carbocycles. The average Bonchev–Trinajstić information content (AvgIpc) is 2.80. The van der Waals surface area contributed by atoms with Gasteiger partial charge in [-0.1, -0.05) is 66.4 Å². The minimum absolute atomic E-state index is 0.156. The van der Waals surface area contributed by atoms with Crippen LogP contribution >= 0.6 is 0 Å². The van der Waals surface area contributed by atoms with Gasteiger partial charge in [-0.15, -0.1) is 0 Å². The van der Waals surface area contributed by atoms with Gasteiger partial charge < -0.3 is 0 Å². The standard InChI is InChI=1S/C26H21NO2S/c1-20(30(29)24-13-6-3-7-14-24)27-18-17-23-16-15-22(19-25(23)26(27)28)12-8-11-21-9-4-2-5-10-21/h2-7,9-10,13-20H,11H2,1H3. The van der Waals surface area contributed by atoms with Crippen LogP contribution in [0.15, 0.2) is 101 Å². The SMILES string of the molecule is CC(n1ccc2ccc(C#CCc3ccccc3)cc2c1=O)S(=O)c1ccccc1. The molecule has 0 bridgehead atoms. The van der Waals surface area contributed by atoms with Crippen molar-refractivity contribution in [3.8, 4) is 11.8 Å². The first-order valence-corrected chi connectivity index (χ1v) is 11.0. The van der Waals surface area contributed by atoms with Crippen LogP contribution in [0.25, 0.3) is 10.8 Å². The lowest BCUT2D eigenvalue weighted by Gasteiger charge is -2.15. The summed E-state index contributed by atoms with van der Waals surface area (Å²) in [5.74, 6) is 6.32. The lowest BCUT2D eigenvalue weighted by molar-refractivity contribution is 0.634. The molecule has 1 aromatic heterocycles. The maximum atomic E-state index is 13.1. The van der Waals surface area contributed by atoms with E-state index in [1.807, 2.05) is 84.9 Å². The fourth-order valence-corrected chi connectivity index (χ4v) is 4.51. The third-order valence-corrected chi connectivity index (χ3v) is 6.56. The maximum absolute atomic E-state index is 13.1. The molecule has 30 heavy (non-hydrogen) atoms. The zero-order chi connectivity index (χ0) is 20.9. The summed E-state index contributed by atoms with van der Waals surface area (Å²) in [4.78, 5) is 13.8. The van der Waals surface area contributed by atoms with Crippen molar-refractivity contribution in [1.82, 2.24) is 4.57 Å². The molecule has 2 unspecified atom stereocenters. The van der Waals surface area contributed by atoms with E-state index >= 15 is 0 Å². The number of fused-ring (bicyclic) bond motifs is 1. The van der Waals surface area contributed by atoms with Crippen molar-refractivity contribution in [3.63, 3.8) is 0 Å². The molecule has 0 spiro atoms. The van der Waals surface area contributed by atoms with Gasteiger partial charge in [0.05, 0.1) is 10.8 Å². The first-order chi connectivity index (χ1) is 14.6. The van der Waals surface area contributed by atoms with E-state index < -0.39 is 16.2 Å². The monoisotopic (exact) mass is 411 g/mol. The molecule has 4 aromatic rings. The second-order valence-electron chi connectivity index (χ2n) is 7.00. The largest absolute Gasteiger partial charge is 0.300 e. The van der Waals surface area contributed by atoms with E-state index in [4.69, 9.17) is 0 Å². The van der Waals surface area contributed by atoms with Gasteiger partial charge in [0.2, 0.25) is 0 Å². The summed E-state index contributed by atoms with van der Waals surface area (Å²) in [5.41, 5.74) is 1.80. The van der Waals surface area contributed by atoms with E-state index in [0.717, 1.165) is 16.5 Å². The minimum atomic E-state index is -1.33. The number of hydrogen-bond donors (Lipinski definition) is 0. The Morgan fingerprint density at radius 3 is 2.37 bits per heavy atom. The zero-order valence-electron chi connectivity index (χ0n) is 16.6. The molecule has 0 aliphatic rings. The van der Waals surface area contributed by atoms with Gasteiger partial charge in [-0.25, -0.2) is 0 Å². The van der Waals surface area contributed by atoms with E-state index in [1.165, 1.54) is 0 Å². The zero-order valence-corrected chi connectivity index (χ0v) is 17.4. The van der Waals surface area contributed by atoms with E-state index in [1.54, 1.807) is 17.7 Å². The van der Waals surface area contributed by atoms with Crippen LogP contribution in [0.2, 0.25) is 0 Å². The molecule has 2 atom stereocenters. The lowest BCUT2D eigenvalue weighted by Crippen LogP contribution is -2.25. The van der Waals surface area contributed by atoms with Gasteiger partial charge in [-0.3, -0.25) is 13.6 Å². The molecule has 0 radical (unpaired) electrons. The van der Waals surface area contributed by atoms with Crippen LogP contribution in [-0.2, 0) is 17.2 Å². The Labute approximate surface area is 178 Å². The van der Waals surface area contributed by atoms with Crippen LogP contribution in [-0.4, -0.2) is 8.78 Å². The van der Waals surface area contributed by atoms with Gasteiger partial charge in [0, 0.05) is 28.5 Å². The highest BCUT2D eigenvalue weighted by Gasteiger charge is 2.17. The number of pyridine rings is 1. The molecule has 3 nitrogen and oxygen atoms in total. The number of hydrogen-bond acceptors (Lipinski definition) is 2. The Morgan fingerprint density at radius 2 is 1.63 bits per heavy atom. The summed E-state index contributed by atoms with van der Waals surface area (Å²) in [7, 11) is -1.33. The highest BCUT2D eigenvalue weighted by Crippen LogP contribution is 2.20. The van der Waals surface area contributed by atoms with Crippen molar-refractivity contribution in [1.29, 1.82) is 0 Å². The fraction of sp³-hybridized carbons (Fsp3) is 0.115. The summed E-state index contributed by atoms with van der Waals surface area (Å²) < 4.78 is 14.5. The molecule has 0 saturated heterocycles. The molecule has 4 heteroatoms. The molecular formula is C26H21NO2S. The number of nitrogens with zero attached hydrogens (tertiary/aromatic N) is 1. The van der Waals surface area contributed by atoms with Crippen molar-refractivity contribution in [2.24, 2.45) is 0 Å². The second kappa shape index (κ2) is 8.94. The van der Waals surface area contributed by atoms with Crippen molar-refractivity contribution in [3.05, 3.63) is 113 Å². The Balaban J connectivity index is 1.65. The molecule has 0 saturated carbocycles. The third-order valence-electron chi connectivity index (χ3n) is 4.98. The Morgan fingerprint density at radius 1 is 0.933 bits per heavy atom. The number of aromatic nitrogens is 1. The summed E-state index contributed by atoms with van der Waals surface area (Å²) in [6.45, 7) is 1.81. The summed E-state index contributed by atoms with van der Waals surface area (Å²) in [6.07, 6.45) is 2.38. The van der Waals surface area contributed by atoms with Gasteiger partial charge in [0.25, 0.3) is 5.56 Å². The number of rotatable bonds is 4. The van der Waals surface area contributed by atoms with Crippen molar-refractivity contribution < 1.29 is 4.21 Å². The molecule has 0 amide bonds. The van der Waals surface area contributed by atoms with Gasteiger partial charge >= 0.3 is 0 Å². The van der Waals surface area contributed by atoms with E-state index in [2.05, 4.69) is 11.8 Å². The van der Waals surface area contributed by atoms with Crippen LogP contribution < -0.4 is 5.56 Å². The smallest absolute Gasteiger partial charge is 0.259 e. The third kappa shape index (κ3) is 4.27. The van der Waals surface area contributed by atoms with Crippen LogP contribution in [0.4, 0.5) is 0 Å². The normalized spacial score (nSPS) is 12.7. The average molecular weight is 412 g/mol. The fourth-order valence-electron chi connectivity index (χ4n) is 3.32. The predicted molar refractivity (Wildman–Crippen MR) is 123 cm³/mol. The van der Waals surface area contributed by atoms with Gasteiger partial charge in [0.15, 0.2) is 0 Å². The van der Waals surface area contributed by atoms with Gasteiger partial charge in [-0.05, 0) is 48.2 Å². The Kier molecular flexibility index (Phi) is 5.92. The van der Waals surface area contributed by atoms with Crippen molar-refractivity contribution in [2.75, 3.05) is 0 Å². The molecule has 0 aliphatic heterocycles. The summed E-state index contributed by atoms with van der Waals surface area (Å²) in [5, 5.41) is 0.959. The van der Waals surface area contributed by atoms with Crippen molar-refractivity contribution in [2.45, 2.75) is 23.6 Å². The molecule has 0 N–H and O–H groups in total. The summed E-state index contributed by atoms with van der Waals surface area (Å²) in [6, 6.07) is 26.8. The highest BCUT2D eigenvalue weighted by atomic mass is 32.2. The van der Waals surface area contributed by atoms with Gasteiger partial charge in [-0.2, -0.15) is 0 Å². The minimum Gasteiger partial charge on any atom is -0.300 e. The van der Waals surface area contributed by atoms with Crippen LogP contribution in [0, 0.1) is 11.8 Å². The van der Waals surface area contributed by atoms with Crippen molar-refractivity contribution >= 4 is 21.6 Å². The maximum Gasteiger partial charge on any atom is 0.259 e. The first kappa shape index (κ1) is 19.9. The first-order valence-electron chi connectivity index (χ1n) is 9.77. The lowest BCUT2D eigenvalue weighted by atomic mass is 10.1. The topological polar surface area (TPSA) is 39.1 Å². The van der Waals surface area contributed by atoms with E-state index in [0.29, 0.717) is 16.7 Å². The van der Waals surface area contributed by atoms with E-state index in [-0.39, 0.29) is 5.56 Å². The number of benzene rings is 3. The highest BCUT2D eigenvalue weighted by molar-refractivity contribution is 7.85. The molecule has 4 rings (SSSR count). The molecule has 0 aliphatic carbocycles. The van der Waals surface area contributed by atoms with Crippen LogP contribution in [0.5, 0.6) is 0 Å². The van der Waals surface area contributed by atoms with Crippen LogP contribution in [0.1, 0.15) is 23.4 Å².